The second-order valence-electron chi connectivity index (χ2n) is 9.38. The van der Waals surface area contributed by atoms with Crippen molar-refractivity contribution < 1.29 is 58.6 Å². The first-order chi connectivity index (χ1) is 19.8. The number of aliphatic hydroxyl groups is 1. The predicted octanol–water partition coefficient (Wildman–Crippen LogP) is 6.43. The molecule has 232 valence electrons. The molecule has 1 heterocycles. The minimum absolute atomic E-state index is 0.00871. The molecule has 0 bridgehead atoms. The van der Waals surface area contributed by atoms with Gasteiger partial charge in [0.2, 0.25) is 0 Å². The van der Waals surface area contributed by atoms with Crippen LogP contribution in [0.5, 0.6) is 0 Å². The van der Waals surface area contributed by atoms with E-state index in [1.54, 1.807) is 5.32 Å². The van der Waals surface area contributed by atoms with Gasteiger partial charge in [0.1, 0.15) is 6.23 Å². The Morgan fingerprint density at radius 2 is 1.67 bits per heavy atom. The molecule has 0 spiro atoms. The summed E-state index contributed by atoms with van der Waals surface area (Å²) in [6.45, 7) is -2.15. The van der Waals surface area contributed by atoms with Gasteiger partial charge >= 0.3 is 18.5 Å². The molecule has 0 saturated carbocycles. The summed E-state index contributed by atoms with van der Waals surface area (Å²) in [5.74, 6) is -2.80. The van der Waals surface area contributed by atoms with Crippen LogP contribution in [0, 0.1) is 5.82 Å². The third-order valence-electron chi connectivity index (χ3n) is 6.46. The summed E-state index contributed by atoms with van der Waals surface area (Å²) in [6.07, 6.45) is -18.3. The number of aliphatic hydroxyl groups excluding tert-OH is 1. The number of alkyl halides is 9. The van der Waals surface area contributed by atoms with E-state index < -0.39 is 77.7 Å². The first-order valence-electron chi connectivity index (χ1n) is 12.0. The van der Waals surface area contributed by atoms with E-state index in [-0.39, 0.29) is 33.7 Å². The van der Waals surface area contributed by atoms with Crippen molar-refractivity contribution in [3.8, 4) is 0 Å². The van der Waals surface area contributed by atoms with Crippen LogP contribution in [0.1, 0.15) is 33.5 Å². The topological polar surface area (TPSA) is 83.0 Å². The molecule has 3 aromatic carbocycles. The Morgan fingerprint density at radius 1 is 1.02 bits per heavy atom. The van der Waals surface area contributed by atoms with Gasteiger partial charge in [-0.25, -0.2) is 4.39 Å². The van der Waals surface area contributed by atoms with Gasteiger partial charge in [0, 0.05) is 23.1 Å². The first-order valence-corrected chi connectivity index (χ1v) is 12.4. The summed E-state index contributed by atoms with van der Waals surface area (Å²) in [5.41, 5.74) is -7.08. The summed E-state index contributed by atoms with van der Waals surface area (Å²) < 4.78 is 135. The second kappa shape index (κ2) is 11.5. The van der Waals surface area contributed by atoms with Crippen LogP contribution < -0.4 is 10.6 Å². The molecule has 1 aliphatic rings. The van der Waals surface area contributed by atoms with Crippen molar-refractivity contribution in [2.75, 3.05) is 13.1 Å². The minimum atomic E-state index is -5.38. The highest BCUT2D eigenvalue weighted by atomic mass is 35.5. The maximum Gasteiger partial charge on any atom is 0.435 e. The summed E-state index contributed by atoms with van der Waals surface area (Å²) >= 11 is 5.53. The van der Waals surface area contributed by atoms with Crippen molar-refractivity contribution in [1.29, 1.82) is 0 Å². The number of fused-ring (bicyclic) bond motifs is 1. The summed E-state index contributed by atoms with van der Waals surface area (Å²) in [6, 6.07) is 8.48. The second-order valence-corrected chi connectivity index (χ2v) is 9.78. The zero-order valence-electron chi connectivity index (χ0n) is 21.2. The predicted molar refractivity (Wildman–Crippen MR) is 133 cm³/mol. The molecule has 0 saturated heterocycles. The number of carbonyl (C=O) groups excluding carboxylic acids is 1. The van der Waals surface area contributed by atoms with Crippen molar-refractivity contribution in [2.45, 2.75) is 36.8 Å². The number of benzene rings is 3. The van der Waals surface area contributed by atoms with Gasteiger partial charge in [-0.2, -0.15) is 39.5 Å². The lowest BCUT2D eigenvalue weighted by atomic mass is 9.84. The molecular formula is C26H18ClF10N3O3. The molecule has 0 fully saturated rings. The number of amides is 1. The highest BCUT2D eigenvalue weighted by molar-refractivity contribution is 6.31. The fourth-order valence-electron chi connectivity index (χ4n) is 4.42. The molecule has 3 N–H and O–H groups in total. The number of halogens is 11. The SMILES string of the molecule is O=C(NCC(O)NCC(F)(F)F)c1ccc(C2=NO[C@@](c3cc(Cl)c(F)c(C(F)(F)F)c3)(C(F)(F)F)C2)c2ccccc12. The van der Waals surface area contributed by atoms with Crippen LogP contribution in [0.15, 0.2) is 53.7 Å². The van der Waals surface area contributed by atoms with Crippen molar-refractivity contribution >= 4 is 34.0 Å². The Kier molecular flexibility index (Phi) is 8.61. The van der Waals surface area contributed by atoms with Gasteiger partial charge in [0.05, 0.1) is 29.4 Å². The number of hydrogen-bond acceptors (Lipinski definition) is 5. The lowest BCUT2D eigenvalue weighted by Gasteiger charge is -2.30. The highest BCUT2D eigenvalue weighted by Gasteiger charge is 2.63. The molecule has 1 aliphatic heterocycles. The third-order valence-corrected chi connectivity index (χ3v) is 6.73. The van der Waals surface area contributed by atoms with Crippen LogP contribution in [0.3, 0.4) is 0 Å². The lowest BCUT2D eigenvalue weighted by molar-refractivity contribution is -0.276. The van der Waals surface area contributed by atoms with Gasteiger partial charge in [0.15, 0.2) is 5.82 Å². The van der Waals surface area contributed by atoms with Crippen molar-refractivity contribution in [2.24, 2.45) is 5.16 Å². The number of carbonyl (C=O) groups is 1. The van der Waals surface area contributed by atoms with Crippen LogP contribution in [0.25, 0.3) is 10.8 Å². The normalized spacial score (nSPS) is 18.4. The standard InChI is InChI=1S/C26H18ClF10N3O3/c27-18-8-12(7-17(21(18)28)25(32,33)34)23(26(35,36)37)9-19(40-43-23)15-5-6-16(14-4-2-1-3-13(14)15)22(42)38-10-20(41)39-11-24(29,30)31/h1-8,20,39,41H,9-11H2,(H,38,42)/t20?,23-/m0/s1. The maximum absolute atomic E-state index is 14.4. The summed E-state index contributed by atoms with van der Waals surface area (Å²) in [5, 5.41) is 16.3. The minimum Gasteiger partial charge on any atom is -0.377 e. The van der Waals surface area contributed by atoms with Crippen LogP contribution in [-0.2, 0) is 16.6 Å². The Balaban J connectivity index is 1.67. The molecule has 2 atom stereocenters. The van der Waals surface area contributed by atoms with E-state index in [9.17, 15) is 53.8 Å². The van der Waals surface area contributed by atoms with E-state index in [0.29, 0.717) is 6.07 Å². The van der Waals surface area contributed by atoms with Gasteiger partial charge in [-0.3, -0.25) is 10.1 Å². The smallest absolute Gasteiger partial charge is 0.377 e. The molecule has 3 aromatic rings. The van der Waals surface area contributed by atoms with Crippen molar-refractivity contribution in [1.82, 2.24) is 10.6 Å². The summed E-state index contributed by atoms with van der Waals surface area (Å²) in [4.78, 5) is 17.6. The number of rotatable bonds is 7. The zero-order chi connectivity index (χ0) is 32.0. The third kappa shape index (κ3) is 6.65. The Labute approximate surface area is 240 Å². The highest BCUT2D eigenvalue weighted by Crippen LogP contribution is 2.51. The maximum atomic E-state index is 14.4. The van der Waals surface area contributed by atoms with Gasteiger partial charge in [-0.15, -0.1) is 0 Å². The van der Waals surface area contributed by atoms with Gasteiger partial charge in [-0.1, -0.05) is 47.1 Å². The molecule has 1 amide bonds. The van der Waals surface area contributed by atoms with Crippen molar-refractivity contribution in [3.63, 3.8) is 0 Å². The Hall–Kier alpha value is -3.63. The largest absolute Gasteiger partial charge is 0.435 e. The zero-order valence-corrected chi connectivity index (χ0v) is 21.9. The Morgan fingerprint density at radius 3 is 2.28 bits per heavy atom. The summed E-state index contributed by atoms with van der Waals surface area (Å²) in [7, 11) is 0. The fraction of sp³-hybridized carbons (Fsp3) is 0.308. The van der Waals surface area contributed by atoms with E-state index in [1.807, 2.05) is 0 Å². The van der Waals surface area contributed by atoms with Crippen molar-refractivity contribution in [3.05, 3.63) is 81.6 Å². The number of hydrogen-bond donors (Lipinski definition) is 3. The van der Waals surface area contributed by atoms with E-state index >= 15 is 0 Å². The average Bonchev–Trinajstić information content (AvgIpc) is 3.37. The lowest BCUT2D eigenvalue weighted by Crippen LogP contribution is -2.44. The van der Waals surface area contributed by atoms with Crippen LogP contribution in [0.4, 0.5) is 43.9 Å². The molecule has 0 radical (unpaired) electrons. The number of oxime groups is 1. The molecule has 17 heteroatoms. The van der Waals surface area contributed by atoms with Gasteiger partial charge in [-0.05, 0) is 29.0 Å². The molecule has 0 aliphatic carbocycles. The average molecular weight is 646 g/mol. The fourth-order valence-corrected chi connectivity index (χ4v) is 4.64. The van der Waals surface area contributed by atoms with E-state index in [1.165, 1.54) is 36.4 Å². The van der Waals surface area contributed by atoms with Crippen LogP contribution in [0.2, 0.25) is 5.02 Å². The first kappa shape index (κ1) is 32.3. The molecule has 4 rings (SSSR count). The van der Waals surface area contributed by atoms with Crippen LogP contribution >= 0.6 is 11.6 Å². The molecule has 43 heavy (non-hydrogen) atoms. The van der Waals surface area contributed by atoms with E-state index in [4.69, 9.17) is 16.4 Å². The number of nitrogens with one attached hydrogen (secondary N) is 2. The van der Waals surface area contributed by atoms with Crippen LogP contribution in [-0.4, -0.2) is 48.4 Å². The number of nitrogens with zero attached hydrogens (tertiary/aromatic N) is 1. The van der Waals surface area contributed by atoms with E-state index in [2.05, 4.69) is 10.5 Å². The van der Waals surface area contributed by atoms with Gasteiger partial charge < -0.3 is 15.3 Å². The van der Waals surface area contributed by atoms with E-state index in [0.717, 1.165) is 0 Å². The quantitative estimate of drug-likeness (QED) is 0.204. The molecule has 1 unspecified atom stereocenters. The Bertz CT molecular complexity index is 1570. The van der Waals surface area contributed by atoms with Gasteiger partial charge in [0.25, 0.3) is 11.5 Å². The molecule has 0 aromatic heterocycles. The monoisotopic (exact) mass is 645 g/mol. The molecule has 6 nitrogen and oxygen atoms in total. The molecular weight excluding hydrogens is 628 g/mol.